The van der Waals surface area contributed by atoms with Gasteiger partial charge in [0.15, 0.2) is 0 Å². The largest absolute Gasteiger partial charge is 0.395 e. The van der Waals surface area contributed by atoms with Crippen molar-refractivity contribution < 1.29 is 5.11 Å². The zero-order valence-electron chi connectivity index (χ0n) is 11.7. The molecule has 0 amide bonds. The highest BCUT2D eigenvalue weighted by molar-refractivity contribution is 4.87. The van der Waals surface area contributed by atoms with E-state index in [4.69, 9.17) is 5.11 Å². The van der Waals surface area contributed by atoms with Crippen LogP contribution >= 0.6 is 0 Å². The standard InChI is InChI=1S/C15H31NO/c1-2-3-4-5-6-7-8-9-10-11-12-16-13-15(16)14-17/h15,17H,2-14H2,1H3. The van der Waals surface area contributed by atoms with Crippen LogP contribution in [0.25, 0.3) is 0 Å². The van der Waals surface area contributed by atoms with Crippen LogP contribution in [0.4, 0.5) is 0 Å². The summed E-state index contributed by atoms with van der Waals surface area (Å²) in [6.07, 6.45) is 14.1. The van der Waals surface area contributed by atoms with Crippen LogP contribution < -0.4 is 0 Å². The fourth-order valence-corrected chi connectivity index (χ4v) is 2.47. The molecule has 0 bridgehead atoms. The Balaban J connectivity index is 1.68. The maximum Gasteiger partial charge on any atom is 0.0599 e. The highest BCUT2D eigenvalue weighted by Gasteiger charge is 2.31. The lowest BCUT2D eigenvalue weighted by atomic mass is 10.1. The summed E-state index contributed by atoms with van der Waals surface area (Å²) in [5.74, 6) is 0. The average molecular weight is 241 g/mol. The number of aliphatic hydroxyl groups is 1. The summed E-state index contributed by atoms with van der Waals surface area (Å²) in [6, 6.07) is 0.508. The van der Waals surface area contributed by atoms with Gasteiger partial charge in [0, 0.05) is 12.6 Å². The van der Waals surface area contributed by atoms with Gasteiger partial charge in [-0.05, 0) is 13.0 Å². The van der Waals surface area contributed by atoms with E-state index in [0.29, 0.717) is 12.6 Å². The van der Waals surface area contributed by atoms with Crippen molar-refractivity contribution in [3.05, 3.63) is 0 Å². The summed E-state index contributed by atoms with van der Waals surface area (Å²) in [5.41, 5.74) is 0. The molecule has 0 spiro atoms. The molecule has 1 N–H and O–H groups in total. The fraction of sp³-hybridized carbons (Fsp3) is 1.00. The van der Waals surface area contributed by atoms with E-state index in [1.165, 1.54) is 70.8 Å². The molecule has 1 aliphatic rings. The first-order chi connectivity index (χ1) is 8.38. The van der Waals surface area contributed by atoms with Gasteiger partial charge in [-0.1, -0.05) is 64.7 Å². The maximum absolute atomic E-state index is 8.90. The van der Waals surface area contributed by atoms with E-state index in [2.05, 4.69) is 11.8 Å². The molecule has 2 nitrogen and oxygen atoms in total. The number of hydrogen-bond acceptors (Lipinski definition) is 2. The third kappa shape index (κ3) is 7.77. The highest BCUT2D eigenvalue weighted by Crippen LogP contribution is 2.17. The van der Waals surface area contributed by atoms with Crippen molar-refractivity contribution in [2.45, 2.75) is 77.2 Å². The second-order valence-electron chi connectivity index (χ2n) is 5.51. The lowest BCUT2D eigenvalue weighted by molar-refractivity contribution is 0.272. The molecule has 1 saturated heterocycles. The summed E-state index contributed by atoms with van der Waals surface area (Å²) in [5, 5.41) is 8.90. The molecule has 17 heavy (non-hydrogen) atoms. The second-order valence-corrected chi connectivity index (χ2v) is 5.51. The summed E-state index contributed by atoms with van der Waals surface area (Å²) in [7, 11) is 0. The van der Waals surface area contributed by atoms with E-state index in [-0.39, 0.29) is 0 Å². The van der Waals surface area contributed by atoms with Crippen molar-refractivity contribution in [2.75, 3.05) is 19.7 Å². The minimum Gasteiger partial charge on any atom is -0.395 e. The van der Waals surface area contributed by atoms with Gasteiger partial charge in [-0.15, -0.1) is 0 Å². The Morgan fingerprint density at radius 3 is 1.88 bits per heavy atom. The van der Waals surface area contributed by atoms with Gasteiger partial charge in [0.1, 0.15) is 0 Å². The smallest absolute Gasteiger partial charge is 0.0599 e. The maximum atomic E-state index is 8.90. The van der Waals surface area contributed by atoms with Crippen molar-refractivity contribution >= 4 is 0 Å². The third-order valence-corrected chi connectivity index (χ3v) is 3.84. The molecule has 102 valence electrons. The van der Waals surface area contributed by atoms with E-state index < -0.39 is 0 Å². The normalized spacial score (nSPS) is 22.9. The lowest BCUT2D eigenvalue weighted by Crippen LogP contribution is -2.06. The van der Waals surface area contributed by atoms with Crippen LogP contribution in [-0.2, 0) is 0 Å². The molecule has 0 aromatic rings. The van der Waals surface area contributed by atoms with Gasteiger partial charge in [0.2, 0.25) is 0 Å². The van der Waals surface area contributed by atoms with Crippen LogP contribution in [0, 0.1) is 0 Å². The fourth-order valence-electron chi connectivity index (χ4n) is 2.47. The van der Waals surface area contributed by atoms with Crippen molar-refractivity contribution in [2.24, 2.45) is 0 Å². The van der Waals surface area contributed by atoms with E-state index in [9.17, 15) is 0 Å². The van der Waals surface area contributed by atoms with Gasteiger partial charge in [-0.25, -0.2) is 0 Å². The summed E-state index contributed by atoms with van der Waals surface area (Å²) < 4.78 is 0. The van der Waals surface area contributed by atoms with E-state index >= 15 is 0 Å². The summed E-state index contributed by atoms with van der Waals surface area (Å²) in [6.45, 7) is 4.98. The van der Waals surface area contributed by atoms with Gasteiger partial charge < -0.3 is 5.11 Å². The number of rotatable bonds is 12. The first kappa shape index (κ1) is 15.0. The van der Waals surface area contributed by atoms with Crippen LogP contribution in [0.15, 0.2) is 0 Å². The van der Waals surface area contributed by atoms with Crippen molar-refractivity contribution in [3.63, 3.8) is 0 Å². The molecule has 0 aromatic carbocycles. The van der Waals surface area contributed by atoms with E-state index in [0.717, 1.165) is 6.54 Å². The van der Waals surface area contributed by atoms with Gasteiger partial charge in [0.25, 0.3) is 0 Å². The molecule has 1 fully saturated rings. The Hall–Kier alpha value is -0.0800. The second kappa shape index (κ2) is 9.90. The topological polar surface area (TPSA) is 23.2 Å². The van der Waals surface area contributed by atoms with Crippen LogP contribution in [0.2, 0.25) is 0 Å². The summed E-state index contributed by atoms with van der Waals surface area (Å²) >= 11 is 0. The molecule has 2 atom stereocenters. The Morgan fingerprint density at radius 2 is 1.41 bits per heavy atom. The van der Waals surface area contributed by atoms with Crippen molar-refractivity contribution in [3.8, 4) is 0 Å². The van der Waals surface area contributed by atoms with Gasteiger partial charge in [-0.2, -0.15) is 0 Å². The van der Waals surface area contributed by atoms with Crippen LogP contribution in [0.1, 0.15) is 71.1 Å². The molecular weight excluding hydrogens is 210 g/mol. The monoisotopic (exact) mass is 241 g/mol. The predicted molar refractivity (Wildman–Crippen MR) is 74.3 cm³/mol. The molecule has 0 saturated carbocycles. The zero-order chi connectivity index (χ0) is 12.3. The number of unbranched alkanes of at least 4 members (excludes halogenated alkanes) is 9. The predicted octanol–water partition coefficient (Wildman–Crippen LogP) is 3.58. The SMILES string of the molecule is CCCCCCCCCCCCN1CC1CO. The van der Waals surface area contributed by atoms with Crippen LogP contribution in [0.5, 0.6) is 0 Å². The molecule has 0 aliphatic carbocycles. The number of aliphatic hydroxyl groups excluding tert-OH is 1. The van der Waals surface area contributed by atoms with Gasteiger partial charge in [-0.3, -0.25) is 4.90 Å². The molecule has 2 heteroatoms. The van der Waals surface area contributed by atoms with Crippen LogP contribution in [0.3, 0.4) is 0 Å². The number of hydrogen-bond donors (Lipinski definition) is 1. The van der Waals surface area contributed by atoms with E-state index in [1.807, 2.05) is 0 Å². The first-order valence-corrected chi connectivity index (χ1v) is 7.73. The zero-order valence-corrected chi connectivity index (χ0v) is 11.7. The molecule has 1 aliphatic heterocycles. The van der Waals surface area contributed by atoms with Gasteiger partial charge >= 0.3 is 0 Å². The minimum atomic E-state index is 0.359. The Labute approximate surface area is 107 Å². The van der Waals surface area contributed by atoms with Gasteiger partial charge in [0.05, 0.1) is 6.61 Å². The molecule has 1 rings (SSSR count). The number of nitrogens with zero attached hydrogens (tertiary/aromatic N) is 1. The minimum absolute atomic E-state index is 0.359. The van der Waals surface area contributed by atoms with Crippen molar-refractivity contribution in [1.82, 2.24) is 4.90 Å². The quantitative estimate of drug-likeness (QED) is 0.417. The Kier molecular flexibility index (Phi) is 8.72. The Bertz CT molecular complexity index is 172. The molecule has 1 heterocycles. The first-order valence-electron chi connectivity index (χ1n) is 7.73. The average Bonchev–Trinajstić information content (AvgIpc) is 3.10. The summed E-state index contributed by atoms with van der Waals surface area (Å²) in [4.78, 5) is 2.38. The van der Waals surface area contributed by atoms with E-state index in [1.54, 1.807) is 0 Å². The molecule has 2 unspecified atom stereocenters. The highest BCUT2D eigenvalue weighted by atomic mass is 16.3. The van der Waals surface area contributed by atoms with Crippen molar-refractivity contribution in [1.29, 1.82) is 0 Å². The third-order valence-electron chi connectivity index (χ3n) is 3.84. The molecular formula is C15H31NO. The Morgan fingerprint density at radius 1 is 0.882 bits per heavy atom. The molecule has 0 radical (unpaired) electrons. The lowest BCUT2D eigenvalue weighted by Gasteiger charge is -2.03. The van der Waals surface area contributed by atoms with Crippen LogP contribution in [-0.4, -0.2) is 35.7 Å². The molecule has 0 aromatic heterocycles.